The molecule has 0 radical (unpaired) electrons. The molecule has 23 heavy (non-hydrogen) atoms. The van der Waals surface area contributed by atoms with E-state index in [4.69, 9.17) is 9.47 Å². The van der Waals surface area contributed by atoms with Crippen LogP contribution in [0.3, 0.4) is 0 Å². The van der Waals surface area contributed by atoms with Crippen LogP contribution in [0.25, 0.3) is 0 Å². The Hall–Kier alpha value is -2.49. The van der Waals surface area contributed by atoms with Crippen LogP contribution in [0.4, 0.5) is 0 Å². The van der Waals surface area contributed by atoms with Gasteiger partial charge < -0.3 is 14.8 Å². The van der Waals surface area contributed by atoms with E-state index in [0.717, 1.165) is 17.7 Å². The molecule has 1 amide bonds. The lowest BCUT2D eigenvalue weighted by Gasteiger charge is -2.17. The molecule has 0 saturated carbocycles. The average molecular weight is 313 g/mol. The summed E-state index contributed by atoms with van der Waals surface area (Å²) >= 11 is 0. The van der Waals surface area contributed by atoms with Crippen molar-refractivity contribution in [3.63, 3.8) is 0 Å². The van der Waals surface area contributed by atoms with E-state index in [-0.39, 0.29) is 5.91 Å². The highest BCUT2D eigenvalue weighted by Gasteiger charge is 2.17. The minimum Gasteiger partial charge on any atom is -0.497 e. The Morgan fingerprint density at radius 3 is 2.35 bits per heavy atom. The van der Waals surface area contributed by atoms with E-state index >= 15 is 0 Å². The number of carbonyl (C=O) groups is 1. The van der Waals surface area contributed by atoms with Crippen molar-refractivity contribution in [1.29, 1.82) is 0 Å². The number of rotatable bonds is 8. The Morgan fingerprint density at radius 2 is 1.74 bits per heavy atom. The van der Waals surface area contributed by atoms with Crippen molar-refractivity contribution in [2.24, 2.45) is 0 Å². The first-order valence-electron chi connectivity index (χ1n) is 7.85. The second-order valence-electron chi connectivity index (χ2n) is 5.22. The van der Waals surface area contributed by atoms with E-state index in [0.29, 0.717) is 18.7 Å². The summed E-state index contributed by atoms with van der Waals surface area (Å²) in [5.74, 6) is 1.47. The molecule has 122 valence electrons. The monoisotopic (exact) mass is 313 g/mol. The number of nitrogens with one attached hydrogen (secondary N) is 1. The lowest BCUT2D eigenvalue weighted by atomic mass is 10.1. The maximum atomic E-state index is 12.2. The van der Waals surface area contributed by atoms with Crippen molar-refractivity contribution in [2.75, 3.05) is 13.7 Å². The minimum absolute atomic E-state index is 0.0788. The van der Waals surface area contributed by atoms with Crippen molar-refractivity contribution < 1.29 is 14.3 Å². The zero-order valence-corrected chi connectivity index (χ0v) is 13.6. The Kier molecular flexibility index (Phi) is 6.48. The van der Waals surface area contributed by atoms with Gasteiger partial charge in [0.2, 0.25) is 0 Å². The smallest absolute Gasteiger partial charge is 0.261 e. The SMILES string of the molecule is CC[C@H](Oc1ccccc1)C(=O)NCCc1ccc(OC)cc1. The van der Waals surface area contributed by atoms with E-state index in [2.05, 4.69) is 5.32 Å². The van der Waals surface area contributed by atoms with Crippen LogP contribution in [0, 0.1) is 0 Å². The van der Waals surface area contributed by atoms with Gasteiger partial charge >= 0.3 is 0 Å². The molecule has 0 bridgehead atoms. The fourth-order valence-electron chi connectivity index (χ4n) is 2.22. The van der Waals surface area contributed by atoms with Crippen molar-refractivity contribution >= 4 is 5.91 Å². The van der Waals surface area contributed by atoms with Gasteiger partial charge in [0.1, 0.15) is 11.5 Å². The number of para-hydroxylation sites is 1. The maximum Gasteiger partial charge on any atom is 0.261 e. The minimum atomic E-state index is -0.465. The third-order valence-electron chi connectivity index (χ3n) is 3.56. The largest absolute Gasteiger partial charge is 0.497 e. The summed E-state index contributed by atoms with van der Waals surface area (Å²) in [7, 11) is 1.65. The van der Waals surface area contributed by atoms with Gasteiger partial charge in [-0.2, -0.15) is 0 Å². The molecule has 0 spiro atoms. The summed E-state index contributed by atoms with van der Waals surface area (Å²) in [5.41, 5.74) is 1.16. The normalized spacial score (nSPS) is 11.6. The number of benzene rings is 2. The zero-order valence-electron chi connectivity index (χ0n) is 13.6. The molecular formula is C19H23NO3. The molecule has 0 aliphatic rings. The van der Waals surface area contributed by atoms with Gasteiger partial charge in [0.15, 0.2) is 6.10 Å². The number of hydrogen-bond donors (Lipinski definition) is 1. The predicted octanol–water partition coefficient (Wildman–Crippen LogP) is 3.21. The van der Waals surface area contributed by atoms with Gasteiger partial charge in [-0.25, -0.2) is 0 Å². The van der Waals surface area contributed by atoms with E-state index in [1.165, 1.54) is 0 Å². The van der Waals surface area contributed by atoms with Crippen molar-refractivity contribution in [3.05, 3.63) is 60.2 Å². The Balaban J connectivity index is 1.80. The Labute approximate surface area is 137 Å². The third-order valence-corrected chi connectivity index (χ3v) is 3.56. The highest BCUT2D eigenvalue weighted by atomic mass is 16.5. The van der Waals surface area contributed by atoms with Crippen molar-refractivity contribution in [3.8, 4) is 11.5 Å². The lowest BCUT2D eigenvalue weighted by molar-refractivity contribution is -0.128. The van der Waals surface area contributed by atoms with Crippen LogP contribution < -0.4 is 14.8 Å². The maximum absolute atomic E-state index is 12.2. The number of hydrogen-bond acceptors (Lipinski definition) is 3. The fraction of sp³-hybridized carbons (Fsp3) is 0.316. The summed E-state index contributed by atoms with van der Waals surface area (Å²) in [4.78, 5) is 12.2. The molecule has 0 aromatic heterocycles. The quantitative estimate of drug-likeness (QED) is 0.814. The molecule has 0 heterocycles. The van der Waals surface area contributed by atoms with Gasteiger partial charge in [0, 0.05) is 6.54 Å². The molecule has 4 nitrogen and oxygen atoms in total. The van der Waals surface area contributed by atoms with Crippen LogP contribution in [0.5, 0.6) is 11.5 Å². The van der Waals surface area contributed by atoms with Gasteiger partial charge in [0.05, 0.1) is 7.11 Å². The van der Waals surface area contributed by atoms with E-state index in [1.54, 1.807) is 7.11 Å². The molecule has 2 aromatic carbocycles. The number of amides is 1. The van der Waals surface area contributed by atoms with Gasteiger partial charge in [-0.1, -0.05) is 37.3 Å². The highest BCUT2D eigenvalue weighted by molar-refractivity contribution is 5.81. The standard InChI is InChI=1S/C19H23NO3/c1-3-18(23-17-7-5-4-6-8-17)19(21)20-14-13-15-9-11-16(22-2)12-10-15/h4-12,18H,3,13-14H2,1-2H3,(H,20,21)/t18-/m0/s1. The molecule has 2 aromatic rings. The fourth-order valence-corrected chi connectivity index (χ4v) is 2.22. The van der Waals surface area contributed by atoms with Gasteiger partial charge in [-0.15, -0.1) is 0 Å². The molecule has 0 unspecified atom stereocenters. The van der Waals surface area contributed by atoms with Crippen LogP contribution in [0.2, 0.25) is 0 Å². The average Bonchev–Trinajstić information content (AvgIpc) is 2.61. The summed E-state index contributed by atoms with van der Waals surface area (Å²) in [6.45, 7) is 2.52. The van der Waals surface area contributed by atoms with Crippen molar-refractivity contribution in [1.82, 2.24) is 5.32 Å². The number of methoxy groups -OCH3 is 1. The first-order valence-corrected chi connectivity index (χ1v) is 7.85. The van der Waals surface area contributed by atoms with Crippen LogP contribution in [0.1, 0.15) is 18.9 Å². The molecule has 0 fully saturated rings. The molecule has 0 saturated heterocycles. The van der Waals surface area contributed by atoms with Gasteiger partial charge in [0.25, 0.3) is 5.91 Å². The third kappa shape index (κ3) is 5.33. The summed E-state index contributed by atoms with van der Waals surface area (Å²) in [6, 6.07) is 17.3. The summed E-state index contributed by atoms with van der Waals surface area (Å²) in [5, 5.41) is 2.94. The van der Waals surface area contributed by atoms with E-state index < -0.39 is 6.10 Å². The zero-order chi connectivity index (χ0) is 16.5. The summed E-state index contributed by atoms with van der Waals surface area (Å²) in [6.07, 6.45) is 0.939. The Morgan fingerprint density at radius 1 is 1.04 bits per heavy atom. The molecule has 2 rings (SSSR count). The molecular weight excluding hydrogens is 290 g/mol. The summed E-state index contributed by atoms with van der Waals surface area (Å²) < 4.78 is 10.9. The van der Waals surface area contributed by atoms with Crippen molar-refractivity contribution in [2.45, 2.75) is 25.9 Å². The Bertz CT molecular complexity index is 596. The molecule has 1 N–H and O–H groups in total. The molecule has 0 aliphatic heterocycles. The number of carbonyl (C=O) groups excluding carboxylic acids is 1. The predicted molar refractivity (Wildman–Crippen MR) is 90.9 cm³/mol. The first kappa shape index (κ1) is 16.9. The van der Waals surface area contributed by atoms with Crippen LogP contribution >= 0.6 is 0 Å². The molecule has 4 heteroatoms. The lowest BCUT2D eigenvalue weighted by Crippen LogP contribution is -2.38. The molecule has 1 atom stereocenters. The second kappa shape index (κ2) is 8.83. The van der Waals surface area contributed by atoms with Crippen LogP contribution in [0.15, 0.2) is 54.6 Å². The number of ether oxygens (including phenoxy) is 2. The topological polar surface area (TPSA) is 47.6 Å². The molecule has 0 aliphatic carbocycles. The van der Waals surface area contributed by atoms with Gasteiger partial charge in [-0.3, -0.25) is 4.79 Å². The van der Waals surface area contributed by atoms with Crippen LogP contribution in [-0.2, 0) is 11.2 Å². The first-order chi connectivity index (χ1) is 11.2. The van der Waals surface area contributed by atoms with Gasteiger partial charge in [-0.05, 0) is 42.7 Å². The van der Waals surface area contributed by atoms with Crippen LogP contribution in [-0.4, -0.2) is 25.7 Å². The highest BCUT2D eigenvalue weighted by Crippen LogP contribution is 2.13. The second-order valence-corrected chi connectivity index (χ2v) is 5.22. The van der Waals surface area contributed by atoms with E-state index in [1.807, 2.05) is 61.5 Å². The van der Waals surface area contributed by atoms with E-state index in [9.17, 15) is 4.79 Å².